The Morgan fingerprint density at radius 3 is 3.00 bits per heavy atom. The molecule has 4 N–H and O–H groups in total. The van der Waals surface area contributed by atoms with Crippen LogP contribution in [0.5, 0.6) is 0 Å². The third-order valence-corrected chi connectivity index (χ3v) is 2.63. The van der Waals surface area contributed by atoms with Gasteiger partial charge in [-0.25, -0.2) is 4.39 Å². The summed E-state index contributed by atoms with van der Waals surface area (Å²) in [5.74, 6) is 4.60. The number of hydrogen-bond acceptors (Lipinski definition) is 3. The second kappa shape index (κ2) is 5.99. The molecule has 0 unspecified atom stereocenters. The molecule has 0 saturated heterocycles. The van der Waals surface area contributed by atoms with Crippen LogP contribution in [-0.2, 0) is 0 Å². The number of carbonyl (C=O) groups excluding carboxylic acids is 1. The van der Waals surface area contributed by atoms with E-state index in [1.54, 1.807) is 6.92 Å². The molecule has 2 rings (SSSR count). The van der Waals surface area contributed by atoms with Gasteiger partial charge >= 0.3 is 0 Å². The summed E-state index contributed by atoms with van der Waals surface area (Å²) >= 11 is 0. The molecule has 0 radical (unpaired) electrons. The van der Waals surface area contributed by atoms with Gasteiger partial charge in [0.1, 0.15) is 5.82 Å². The number of aromatic amines is 1. The zero-order chi connectivity index (χ0) is 14.5. The van der Waals surface area contributed by atoms with E-state index in [9.17, 15) is 9.18 Å². The number of aromatic nitrogens is 2. The molecule has 0 aliphatic heterocycles. The first kappa shape index (κ1) is 13.8. The summed E-state index contributed by atoms with van der Waals surface area (Å²) in [4.78, 5) is 12.1. The summed E-state index contributed by atoms with van der Waals surface area (Å²) in [5, 5.41) is 9.14. The molecule has 5 nitrogen and oxygen atoms in total. The fourth-order valence-electron chi connectivity index (χ4n) is 1.64. The minimum Gasteiger partial charge on any atom is -0.321 e. The molecule has 0 aliphatic carbocycles. The van der Waals surface area contributed by atoms with Gasteiger partial charge in [-0.3, -0.25) is 9.89 Å². The van der Waals surface area contributed by atoms with E-state index in [0.717, 1.165) is 0 Å². The maximum atomic E-state index is 13.2. The number of nitrogens with two attached hydrogens (primary N) is 1. The molecule has 0 atom stereocenters. The van der Waals surface area contributed by atoms with E-state index >= 15 is 0 Å². The Morgan fingerprint density at radius 1 is 1.55 bits per heavy atom. The van der Waals surface area contributed by atoms with Crippen molar-refractivity contribution in [1.29, 1.82) is 0 Å². The van der Waals surface area contributed by atoms with Crippen LogP contribution in [0.1, 0.15) is 21.6 Å². The molecule has 0 fully saturated rings. The predicted molar refractivity (Wildman–Crippen MR) is 73.6 cm³/mol. The van der Waals surface area contributed by atoms with Gasteiger partial charge in [-0.1, -0.05) is 11.8 Å². The largest absolute Gasteiger partial charge is 0.321 e. The lowest BCUT2D eigenvalue weighted by Crippen LogP contribution is -2.13. The maximum Gasteiger partial charge on any atom is 0.259 e. The lowest BCUT2D eigenvalue weighted by molar-refractivity contribution is 0.102. The number of rotatable bonds is 2. The van der Waals surface area contributed by atoms with Gasteiger partial charge in [0.05, 0.1) is 29.6 Å². The number of amides is 1. The van der Waals surface area contributed by atoms with Crippen molar-refractivity contribution in [3.8, 4) is 11.8 Å². The van der Waals surface area contributed by atoms with Gasteiger partial charge in [0, 0.05) is 5.69 Å². The second-order valence-corrected chi connectivity index (χ2v) is 4.06. The molecular formula is C14H13FN4O. The van der Waals surface area contributed by atoms with Gasteiger partial charge in [-0.05, 0) is 25.1 Å². The molecule has 1 heterocycles. The van der Waals surface area contributed by atoms with E-state index in [-0.39, 0.29) is 12.5 Å². The summed E-state index contributed by atoms with van der Waals surface area (Å²) in [6.45, 7) is 1.90. The van der Waals surface area contributed by atoms with Crippen LogP contribution in [-0.4, -0.2) is 22.6 Å². The Morgan fingerprint density at radius 2 is 2.35 bits per heavy atom. The molecule has 0 saturated carbocycles. The average Bonchev–Trinajstić information content (AvgIpc) is 2.85. The van der Waals surface area contributed by atoms with E-state index in [1.165, 1.54) is 24.4 Å². The number of H-pyrrole nitrogens is 1. The average molecular weight is 272 g/mol. The quantitative estimate of drug-likeness (QED) is 0.723. The third kappa shape index (κ3) is 3.02. The first-order valence-electron chi connectivity index (χ1n) is 5.91. The molecule has 20 heavy (non-hydrogen) atoms. The van der Waals surface area contributed by atoms with Crippen LogP contribution in [0.3, 0.4) is 0 Å². The van der Waals surface area contributed by atoms with Crippen LogP contribution in [0.4, 0.5) is 10.1 Å². The molecule has 1 aromatic heterocycles. The normalized spacial score (nSPS) is 9.75. The van der Waals surface area contributed by atoms with Gasteiger partial charge in [0.15, 0.2) is 0 Å². The molecule has 0 spiro atoms. The van der Waals surface area contributed by atoms with E-state index in [2.05, 4.69) is 27.4 Å². The lowest BCUT2D eigenvalue weighted by Gasteiger charge is -2.07. The van der Waals surface area contributed by atoms with Crippen molar-refractivity contribution >= 4 is 11.6 Å². The smallest absolute Gasteiger partial charge is 0.259 e. The molecule has 102 valence electrons. The van der Waals surface area contributed by atoms with Gasteiger partial charge in [-0.15, -0.1) is 0 Å². The van der Waals surface area contributed by atoms with Crippen molar-refractivity contribution in [3.63, 3.8) is 0 Å². The first-order chi connectivity index (χ1) is 9.61. The van der Waals surface area contributed by atoms with Crippen molar-refractivity contribution in [2.24, 2.45) is 5.73 Å². The fourth-order valence-corrected chi connectivity index (χ4v) is 1.64. The fraction of sp³-hybridized carbons (Fsp3) is 0.143. The topological polar surface area (TPSA) is 83.8 Å². The van der Waals surface area contributed by atoms with Gasteiger partial charge in [-0.2, -0.15) is 5.10 Å². The molecular weight excluding hydrogens is 259 g/mol. The predicted octanol–water partition coefficient (Wildman–Crippen LogP) is 1.42. The summed E-state index contributed by atoms with van der Waals surface area (Å²) in [6, 6.07) is 3.97. The summed E-state index contributed by atoms with van der Waals surface area (Å²) in [5.41, 5.74) is 7.18. The number of benzene rings is 1. The molecule has 0 bridgehead atoms. The molecule has 1 aromatic carbocycles. The second-order valence-electron chi connectivity index (χ2n) is 4.06. The van der Waals surface area contributed by atoms with Crippen LogP contribution in [0.15, 0.2) is 24.4 Å². The first-order valence-corrected chi connectivity index (χ1v) is 5.91. The SMILES string of the molecule is Cc1[nH]ncc1C(=O)Nc1ccc(F)cc1C#CCN. The maximum absolute atomic E-state index is 13.2. The number of nitrogens with one attached hydrogen (secondary N) is 2. The van der Waals surface area contributed by atoms with Crippen LogP contribution in [0.2, 0.25) is 0 Å². The third-order valence-electron chi connectivity index (χ3n) is 2.63. The minimum absolute atomic E-state index is 0.157. The summed E-state index contributed by atoms with van der Waals surface area (Å²) < 4.78 is 13.2. The minimum atomic E-state index is -0.427. The lowest BCUT2D eigenvalue weighted by atomic mass is 10.1. The number of halogens is 1. The highest BCUT2D eigenvalue weighted by atomic mass is 19.1. The zero-order valence-electron chi connectivity index (χ0n) is 10.8. The van der Waals surface area contributed by atoms with Gasteiger partial charge in [0.2, 0.25) is 0 Å². The van der Waals surface area contributed by atoms with Gasteiger partial charge in [0.25, 0.3) is 5.91 Å². The monoisotopic (exact) mass is 272 g/mol. The van der Waals surface area contributed by atoms with Gasteiger partial charge < -0.3 is 11.1 Å². The number of hydrogen-bond donors (Lipinski definition) is 3. The van der Waals surface area contributed by atoms with Crippen LogP contribution in [0, 0.1) is 24.6 Å². The Kier molecular flexibility index (Phi) is 4.13. The number of carbonyl (C=O) groups is 1. The molecule has 2 aromatic rings. The molecule has 6 heteroatoms. The number of aryl methyl sites for hydroxylation is 1. The van der Waals surface area contributed by atoms with Crippen molar-refractivity contribution < 1.29 is 9.18 Å². The van der Waals surface area contributed by atoms with Crippen molar-refractivity contribution in [3.05, 3.63) is 47.0 Å². The van der Waals surface area contributed by atoms with Crippen molar-refractivity contribution in [2.75, 3.05) is 11.9 Å². The van der Waals surface area contributed by atoms with E-state index in [4.69, 9.17) is 5.73 Å². The van der Waals surface area contributed by atoms with E-state index in [0.29, 0.717) is 22.5 Å². The van der Waals surface area contributed by atoms with Crippen molar-refractivity contribution in [1.82, 2.24) is 10.2 Å². The van der Waals surface area contributed by atoms with Crippen molar-refractivity contribution in [2.45, 2.75) is 6.92 Å². The Hall–Kier alpha value is -2.65. The number of anilines is 1. The highest BCUT2D eigenvalue weighted by Crippen LogP contribution is 2.17. The molecule has 1 amide bonds. The standard InChI is InChI=1S/C14H13FN4O/c1-9-12(8-17-19-9)14(20)18-13-5-4-11(15)7-10(13)3-2-6-16/h4-5,7-8H,6,16H2,1H3,(H,17,19)(H,18,20). The van der Waals surface area contributed by atoms with Crippen LogP contribution >= 0.6 is 0 Å². The Labute approximate surface area is 115 Å². The van der Waals surface area contributed by atoms with Crippen LogP contribution in [0.25, 0.3) is 0 Å². The van der Waals surface area contributed by atoms with Crippen LogP contribution < -0.4 is 11.1 Å². The summed E-state index contributed by atoms with van der Waals surface area (Å²) in [7, 11) is 0. The number of nitrogens with zero attached hydrogens (tertiary/aromatic N) is 1. The Bertz CT molecular complexity index is 697. The highest BCUT2D eigenvalue weighted by molar-refractivity contribution is 6.05. The van der Waals surface area contributed by atoms with E-state index in [1.807, 2.05) is 0 Å². The zero-order valence-corrected chi connectivity index (χ0v) is 10.8. The van der Waals surface area contributed by atoms with E-state index < -0.39 is 5.82 Å². The molecule has 0 aliphatic rings. The summed E-state index contributed by atoms with van der Waals surface area (Å²) in [6.07, 6.45) is 1.43. The Balaban J connectivity index is 2.29. The highest BCUT2D eigenvalue weighted by Gasteiger charge is 2.12.